The molecule has 2 N–H and O–H groups in total. The average molecular weight is 484 g/mol. The Labute approximate surface area is 208 Å². The maximum atomic E-state index is 13.9. The van der Waals surface area contributed by atoms with E-state index in [9.17, 15) is 10.1 Å². The Morgan fingerprint density at radius 2 is 1.76 bits per heavy atom. The van der Waals surface area contributed by atoms with Crippen LogP contribution in [0.3, 0.4) is 0 Å². The van der Waals surface area contributed by atoms with Gasteiger partial charge in [0.1, 0.15) is 5.82 Å². The Balaban J connectivity index is 1.74. The number of Topliss-reactive ketones (excluding diaryl/α,β-unsaturated/α-hetero) is 1. The van der Waals surface area contributed by atoms with Crippen LogP contribution in [0.4, 0.5) is 5.69 Å². The standard InChI is InChI=1S/C28H25N3OS2/c1-17-13-21(28(33-2)34-17)25-22(16-29)27(30)31(20-11-7-4-8-12-20)23-14-19(15-24(32)26(23)25)18-9-5-3-6-10-18/h3-13,19,25H,14-15,30H2,1-2H3/t19-,25+/m1/s1. The van der Waals surface area contributed by atoms with Gasteiger partial charge in [0.2, 0.25) is 0 Å². The summed E-state index contributed by atoms with van der Waals surface area (Å²) >= 11 is 3.36. The molecule has 0 fully saturated rings. The number of nitriles is 1. The average Bonchev–Trinajstić information content (AvgIpc) is 3.24. The SMILES string of the molecule is CSc1sc(C)cc1[C@H]1C(C#N)=C(N)N(c2ccccc2)C2=C1C(=O)C[C@H](c1ccccc1)C2. The van der Waals surface area contributed by atoms with E-state index in [0.717, 1.165) is 37.2 Å². The number of thioether (sulfide) groups is 1. The number of anilines is 1. The molecule has 2 aromatic carbocycles. The van der Waals surface area contributed by atoms with Gasteiger partial charge in [-0.1, -0.05) is 48.5 Å². The van der Waals surface area contributed by atoms with Crippen LogP contribution in [-0.2, 0) is 4.79 Å². The third-order valence-electron chi connectivity index (χ3n) is 6.60. The maximum Gasteiger partial charge on any atom is 0.162 e. The summed E-state index contributed by atoms with van der Waals surface area (Å²) in [5.41, 5.74) is 11.9. The highest BCUT2D eigenvalue weighted by atomic mass is 32.2. The van der Waals surface area contributed by atoms with E-state index in [4.69, 9.17) is 5.73 Å². The van der Waals surface area contributed by atoms with E-state index in [1.54, 1.807) is 23.1 Å². The molecule has 0 unspecified atom stereocenters. The molecule has 0 saturated carbocycles. The van der Waals surface area contributed by atoms with E-state index in [1.807, 2.05) is 59.7 Å². The van der Waals surface area contributed by atoms with Gasteiger partial charge in [0.25, 0.3) is 0 Å². The molecule has 3 aromatic rings. The van der Waals surface area contributed by atoms with Gasteiger partial charge < -0.3 is 5.73 Å². The molecule has 34 heavy (non-hydrogen) atoms. The molecule has 1 aliphatic carbocycles. The van der Waals surface area contributed by atoms with Crippen LogP contribution in [0.1, 0.15) is 40.7 Å². The number of para-hydroxylation sites is 1. The lowest BCUT2D eigenvalue weighted by molar-refractivity contribution is -0.116. The van der Waals surface area contributed by atoms with Gasteiger partial charge in [-0.15, -0.1) is 23.1 Å². The van der Waals surface area contributed by atoms with Crippen LogP contribution in [0.2, 0.25) is 0 Å². The quantitative estimate of drug-likeness (QED) is 0.430. The van der Waals surface area contributed by atoms with Crippen LogP contribution in [0.5, 0.6) is 0 Å². The minimum atomic E-state index is -0.434. The van der Waals surface area contributed by atoms with Crippen LogP contribution in [-0.4, -0.2) is 12.0 Å². The predicted molar refractivity (Wildman–Crippen MR) is 140 cm³/mol. The number of hydrogen-bond acceptors (Lipinski definition) is 6. The number of rotatable bonds is 4. The molecule has 2 heterocycles. The molecule has 2 aliphatic rings. The molecule has 1 aromatic heterocycles. The highest BCUT2D eigenvalue weighted by Gasteiger charge is 2.43. The zero-order valence-corrected chi connectivity index (χ0v) is 20.7. The molecule has 6 heteroatoms. The first-order valence-electron chi connectivity index (χ1n) is 11.2. The van der Waals surface area contributed by atoms with Crippen molar-refractivity contribution in [3.05, 3.63) is 105 Å². The van der Waals surface area contributed by atoms with Gasteiger partial charge in [-0.05, 0) is 54.8 Å². The minimum Gasteiger partial charge on any atom is -0.384 e. The molecule has 0 spiro atoms. The first kappa shape index (κ1) is 22.5. The summed E-state index contributed by atoms with van der Waals surface area (Å²) in [6, 6.07) is 24.5. The number of nitrogens with zero attached hydrogens (tertiary/aromatic N) is 2. The number of hydrogen-bond donors (Lipinski definition) is 1. The van der Waals surface area contributed by atoms with Crippen molar-refractivity contribution in [3.8, 4) is 6.07 Å². The minimum absolute atomic E-state index is 0.0694. The van der Waals surface area contributed by atoms with E-state index in [2.05, 4.69) is 31.2 Å². The monoisotopic (exact) mass is 483 g/mol. The normalized spacial score (nSPS) is 20.4. The van der Waals surface area contributed by atoms with Crippen molar-refractivity contribution in [3.63, 3.8) is 0 Å². The Kier molecular flexibility index (Phi) is 6.07. The lowest BCUT2D eigenvalue weighted by Gasteiger charge is -2.41. The van der Waals surface area contributed by atoms with Gasteiger partial charge in [0.15, 0.2) is 5.78 Å². The number of ketones is 1. The fraction of sp³-hybridized carbons (Fsp3) is 0.214. The number of carbonyl (C=O) groups excluding carboxylic acids is 1. The van der Waals surface area contributed by atoms with Crippen LogP contribution in [0.25, 0.3) is 0 Å². The van der Waals surface area contributed by atoms with Crippen molar-refractivity contribution in [1.82, 2.24) is 0 Å². The molecule has 0 bridgehead atoms. The molecular formula is C28H25N3OS2. The van der Waals surface area contributed by atoms with Gasteiger partial charge in [0.05, 0.1) is 21.8 Å². The fourth-order valence-electron chi connectivity index (χ4n) is 5.15. The molecule has 4 nitrogen and oxygen atoms in total. The summed E-state index contributed by atoms with van der Waals surface area (Å²) in [4.78, 5) is 17.0. The van der Waals surface area contributed by atoms with E-state index in [-0.39, 0.29) is 11.7 Å². The number of carbonyl (C=O) groups is 1. The van der Waals surface area contributed by atoms with Crippen LogP contribution in [0.15, 0.2) is 93.6 Å². The van der Waals surface area contributed by atoms with Gasteiger partial charge >= 0.3 is 0 Å². The van der Waals surface area contributed by atoms with Gasteiger partial charge in [-0.2, -0.15) is 5.26 Å². The topological polar surface area (TPSA) is 70.1 Å². The Morgan fingerprint density at radius 3 is 2.41 bits per heavy atom. The highest BCUT2D eigenvalue weighted by Crippen LogP contribution is 2.51. The van der Waals surface area contributed by atoms with Gasteiger partial charge in [-0.25, -0.2) is 0 Å². The molecule has 2 atom stereocenters. The lowest BCUT2D eigenvalue weighted by atomic mass is 9.72. The molecular weight excluding hydrogens is 458 g/mol. The second-order valence-corrected chi connectivity index (χ2v) is 10.9. The second-order valence-electron chi connectivity index (χ2n) is 8.62. The number of allylic oxidation sites excluding steroid dienone is 3. The molecule has 0 radical (unpaired) electrons. The highest BCUT2D eigenvalue weighted by molar-refractivity contribution is 8.00. The van der Waals surface area contributed by atoms with E-state index in [1.165, 1.54) is 0 Å². The lowest BCUT2D eigenvalue weighted by Crippen LogP contribution is -2.40. The van der Waals surface area contributed by atoms with Crippen LogP contribution >= 0.6 is 23.1 Å². The Bertz CT molecular complexity index is 1350. The summed E-state index contributed by atoms with van der Waals surface area (Å²) in [5.74, 6) is 0.142. The number of benzene rings is 2. The van der Waals surface area contributed by atoms with Crippen molar-refractivity contribution in [2.24, 2.45) is 5.73 Å². The van der Waals surface area contributed by atoms with Crippen molar-refractivity contribution in [2.45, 2.75) is 35.8 Å². The summed E-state index contributed by atoms with van der Waals surface area (Å²) in [6.07, 6.45) is 3.16. The van der Waals surface area contributed by atoms with Crippen molar-refractivity contribution in [2.75, 3.05) is 11.2 Å². The van der Waals surface area contributed by atoms with Crippen molar-refractivity contribution < 1.29 is 4.79 Å². The van der Waals surface area contributed by atoms with Crippen LogP contribution in [0, 0.1) is 18.3 Å². The Morgan fingerprint density at radius 1 is 1.09 bits per heavy atom. The Hall–Kier alpha value is -3.27. The van der Waals surface area contributed by atoms with E-state index in [0.29, 0.717) is 24.2 Å². The van der Waals surface area contributed by atoms with Crippen molar-refractivity contribution >= 4 is 34.6 Å². The van der Waals surface area contributed by atoms with E-state index >= 15 is 0 Å². The van der Waals surface area contributed by atoms with Crippen LogP contribution < -0.4 is 10.6 Å². The van der Waals surface area contributed by atoms with Crippen molar-refractivity contribution in [1.29, 1.82) is 5.26 Å². The predicted octanol–water partition coefficient (Wildman–Crippen LogP) is 6.48. The maximum absolute atomic E-state index is 13.9. The number of thiophene rings is 1. The third kappa shape index (κ3) is 3.75. The first-order chi connectivity index (χ1) is 16.5. The molecule has 0 saturated heterocycles. The fourth-order valence-corrected chi connectivity index (χ4v) is 7.06. The number of nitrogens with two attached hydrogens (primary N) is 1. The number of aryl methyl sites for hydroxylation is 1. The summed E-state index contributed by atoms with van der Waals surface area (Å²) in [7, 11) is 0. The van der Waals surface area contributed by atoms with Gasteiger partial charge in [0, 0.05) is 28.3 Å². The summed E-state index contributed by atoms with van der Waals surface area (Å²) in [6.45, 7) is 2.07. The zero-order valence-electron chi connectivity index (χ0n) is 19.1. The first-order valence-corrected chi connectivity index (χ1v) is 13.3. The van der Waals surface area contributed by atoms with E-state index < -0.39 is 5.92 Å². The largest absolute Gasteiger partial charge is 0.384 e. The third-order valence-corrected chi connectivity index (χ3v) is 8.81. The smallest absolute Gasteiger partial charge is 0.162 e. The van der Waals surface area contributed by atoms with Gasteiger partial charge in [-0.3, -0.25) is 9.69 Å². The molecule has 5 rings (SSSR count). The summed E-state index contributed by atoms with van der Waals surface area (Å²) in [5, 5.41) is 10.3. The zero-order chi connectivity index (χ0) is 23.8. The molecule has 0 amide bonds. The second kappa shape index (κ2) is 9.17. The molecule has 1 aliphatic heterocycles. The molecule has 170 valence electrons. The summed E-state index contributed by atoms with van der Waals surface area (Å²) < 4.78 is 1.13.